The molecule has 1 aromatic carbocycles. The molecular formula is C18H19ClN4O2. The van der Waals surface area contributed by atoms with Crippen LogP contribution in [-0.2, 0) is 4.79 Å². The van der Waals surface area contributed by atoms with Crippen molar-refractivity contribution in [1.29, 1.82) is 0 Å². The summed E-state index contributed by atoms with van der Waals surface area (Å²) in [6, 6.07) is 8.90. The van der Waals surface area contributed by atoms with Crippen molar-refractivity contribution in [2.45, 2.75) is 6.92 Å². The predicted molar refractivity (Wildman–Crippen MR) is 98.1 cm³/mol. The van der Waals surface area contributed by atoms with Crippen molar-refractivity contribution >= 4 is 34.8 Å². The Balaban J connectivity index is 1.70. The number of piperazine rings is 1. The summed E-state index contributed by atoms with van der Waals surface area (Å²) in [4.78, 5) is 32.0. The highest BCUT2D eigenvalue weighted by atomic mass is 35.5. The summed E-state index contributed by atoms with van der Waals surface area (Å²) in [7, 11) is 0. The normalized spacial score (nSPS) is 14.3. The van der Waals surface area contributed by atoms with Gasteiger partial charge in [0.05, 0.1) is 28.2 Å². The van der Waals surface area contributed by atoms with Crippen molar-refractivity contribution in [3.63, 3.8) is 0 Å². The van der Waals surface area contributed by atoms with Crippen LogP contribution >= 0.6 is 11.6 Å². The zero-order valence-electron chi connectivity index (χ0n) is 13.9. The topological polar surface area (TPSA) is 65.5 Å². The number of amides is 2. The van der Waals surface area contributed by atoms with Crippen molar-refractivity contribution in [3.8, 4) is 0 Å². The van der Waals surface area contributed by atoms with Gasteiger partial charge in [0.25, 0.3) is 5.91 Å². The quantitative estimate of drug-likeness (QED) is 0.916. The maximum absolute atomic E-state index is 12.5. The second-order valence-electron chi connectivity index (χ2n) is 5.86. The molecule has 1 N–H and O–H groups in total. The molecule has 7 heteroatoms. The molecule has 0 atom stereocenters. The first-order valence-electron chi connectivity index (χ1n) is 8.06. The first kappa shape index (κ1) is 17.2. The molecule has 0 spiro atoms. The number of carbonyl (C=O) groups excluding carboxylic acids is 2. The highest BCUT2D eigenvalue weighted by Gasteiger charge is 2.20. The maximum Gasteiger partial charge on any atom is 0.257 e. The van der Waals surface area contributed by atoms with Gasteiger partial charge in [-0.2, -0.15) is 0 Å². The summed E-state index contributed by atoms with van der Waals surface area (Å²) in [5, 5.41) is 3.28. The zero-order valence-corrected chi connectivity index (χ0v) is 14.7. The second-order valence-corrected chi connectivity index (χ2v) is 6.27. The molecule has 0 radical (unpaired) electrons. The fourth-order valence-electron chi connectivity index (χ4n) is 2.76. The third-order valence-electron chi connectivity index (χ3n) is 4.20. The van der Waals surface area contributed by atoms with Gasteiger partial charge in [0.1, 0.15) is 0 Å². The van der Waals surface area contributed by atoms with Gasteiger partial charge in [-0.05, 0) is 18.2 Å². The van der Waals surface area contributed by atoms with E-state index in [0.717, 1.165) is 18.8 Å². The van der Waals surface area contributed by atoms with E-state index in [2.05, 4.69) is 15.2 Å². The molecule has 1 saturated heterocycles. The highest BCUT2D eigenvalue weighted by molar-refractivity contribution is 6.33. The minimum Gasteiger partial charge on any atom is -0.367 e. The number of nitrogens with zero attached hydrogens (tertiary/aromatic N) is 3. The molecule has 3 rings (SSSR count). The van der Waals surface area contributed by atoms with Crippen LogP contribution in [0.2, 0.25) is 5.02 Å². The number of benzene rings is 1. The lowest BCUT2D eigenvalue weighted by molar-refractivity contribution is -0.129. The van der Waals surface area contributed by atoms with E-state index >= 15 is 0 Å². The lowest BCUT2D eigenvalue weighted by Crippen LogP contribution is -2.48. The van der Waals surface area contributed by atoms with Gasteiger partial charge in [0.2, 0.25) is 5.91 Å². The Morgan fingerprint density at radius 2 is 1.84 bits per heavy atom. The number of nitrogens with one attached hydrogen (secondary N) is 1. The van der Waals surface area contributed by atoms with Crippen LogP contribution in [-0.4, -0.2) is 47.9 Å². The first-order valence-corrected chi connectivity index (χ1v) is 8.44. The van der Waals surface area contributed by atoms with E-state index in [4.69, 9.17) is 11.6 Å². The minimum atomic E-state index is -0.259. The molecule has 0 aliphatic carbocycles. The van der Waals surface area contributed by atoms with E-state index in [9.17, 15) is 9.59 Å². The maximum atomic E-state index is 12.5. The van der Waals surface area contributed by atoms with Gasteiger partial charge in [-0.1, -0.05) is 23.7 Å². The number of carbonyl (C=O) groups is 2. The molecule has 25 heavy (non-hydrogen) atoms. The lowest BCUT2D eigenvalue weighted by atomic mass is 10.2. The molecule has 1 aromatic heterocycles. The van der Waals surface area contributed by atoms with Crippen LogP contribution in [0.4, 0.5) is 11.4 Å². The van der Waals surface area contributed by atoms with Crippen LogP contribution in [0.1, 0.15) is 17.3 Å². The SMILES string of the molecule is CC(=O)N1CCN(c2cncc(C(=O)Nc3ccccc3Cl)c2)CC1. The number of pyridine rings is 1. The molecule has 0 saturated carbocycles. The molecule has 0 bridgehead atoms. The Morgan fingerprint density at radius 1 is 1.12 bits per heavy atom. The molecule has 2 amide bonds. The summed E-state index contributed by atoms with van der Waals surface area (Å²) in [6.07, 6.45) is 3.26. The van der Waals surface area contributed by atoms with E-state index in [-0.39, 0.29) is 11.8 Å². The van der Waals surface area contributed by atoms with Gasteiger partial charge in [-0.25, -0.2) is 0 Å². The molecule has 1 aliphatic heterocycles. The number of aromatic nitrogens is 1. The number of para-hydroxylation sites is 1. The van der Waals surface area contributed by atoms with Gasteiger partial charge in [-0.15, -0.1) is 0 Å². The van der Waals surface area contributed by atoms with Crippen molar-refractivity contribution in [2.75, 3.05) is 36.4 Å². The number of hydrogen-bond donors (Lipinski definition) is 1. The van der Waals surface area contributed by atoms with Gasteiger partial charge in [-0.3, -0.25) is 14.6 Å². The fourth-order valence-corrected chi connectivity index (χ4v) is 2.94. The highest BCUT2D eigenvalue weighted by Crippen LogP contribution is 2.22. The van der Waals surface area contributed by atoms with Crippen LogP contribution in [0.15, 0.2) is 42.7 Å². The summed E-state index contributed by atoms with van der Waals surface area (Å²) in [5.74, 6) is -0.171. The van der Waals surface area contributed by atoms with Crippen molar-refractivity contribution in [2.24, 2.45) is 0 Å². The average molecular weight is 359 g/mol. The Labute approximate surface area is 151 Å². The fraction of sp³-hybridized carbons (Fsp3) is 0.278. The predicted octanol–water partition coefficient (Wildman–Crippen LogP) is 2.66. The van der Waals surface area contributed by atoms with Crippen LogP contribution in [0.5, 0.6) is 0 Å². The van der Waals surface area contributed by atoms with Gasteiger partial charge in [0.15, 0.2) is 0 Å². The largest absolute Gasteiger partial charge is 0.367 e. The average Bonchev–Trinajstić information content (AvgIpc) is 2.64. The number of hydrogen-bond acceptors (Lipinski definition) is 4. The Hall–Kier alpha value is -2.60. The smallest absolute Gasteiger partial charge is 0.257 e. The molecule has 2 heterocycles. The number of rotatable bonds is 3. The minimum absolute atomic E-state index is 0.0886. The molecule has 1 aliphatic rings. The van der Waals surface area contributed by atoms with Gasteiger partial charge < -0.3 is 15.1 Å². The van der Waals surface area contributed by atoms with E-state index in [1.807, 2.05) is 17.0 Å². The van der Waals surface area contributed by atoms with Crippen LogP contribution in [0.3, 0.4) is 0 Å². The summed E-state index contributed by atoms with van der Waals surface area (Å²) in [5.41, 5.74) is 1.90. The molecule has 130 valence electrons. The van der Waals surface area contributed by atoms with Crippen molar-refractivity contribution in [3.05, 3.63) is 53.3 Å². The summed E-state index contributed by atoms with van der Waals surface area (Å²) in [6.45, 7) is 4.36. The summed E-state index contributed by atoms with van der Waals surface area (Å²) < 4.78 is 0. The molecule has 6 nitrogen and oxygen atoms in total. The summed E-state index contributed by atoms with van der Waals surface area (Å²) >= 11 is 6.08. The second kappa shape index (κ2) is 7.53. The van der Waals surface area contributed by atoms with E-state index in [0.29, 0.717) is 29.4 Å². The Kier molecular flexibility index (Phi) is 5.19. The van der Waals surface area contributed by atoms with E-state index in [1.165, 1.54) is 6.20 Å². The Morgan fingerprint density at radius 3 is 2.52 bits per heavy atom. The monoisotopic (exact) mass is 358 g/mol. The van der Waals surface area contributed by atoms with Crippen LogP contribution in [0, 0.1) is 0 Å². The lowest BCUT2D eigenvalue weighted by Gasteiger charge is -2.35. The van der Waals surface area contributed by atoms with Crippen molar-refractivity contribution in [1.82, 2.24) is 9.88 Å². The zero-order chi connectivity index (χ0) is 17.8. The van der Waals surface area contributed by atoms with Gasteiger partial charge >= 0.3 is 0 Å². The third kappa shape index (κ3) is 4.09. The third-order valence-corrected chi connectivity index (χ3v) is 4.53. The van der Waals surface area contributed by atoms with Crippen LogP contribution in [0.25, 0.3) is 0 Å². The van der Waals surface area contributed by atoms with E-state index < -0.39 is 0 Å². The molecule has 2 aromatic rings. The van der Waals surface area contributed by atoms with Gasteiger partial charge in [0, 0.05) is 39.3 Å². The van der Waals surface area contributed by atoms with E-state index in [1.54, 1.807) is 31.3 Å². The van der Waals surface area contributed by atoms with Crippen molar-refractivity contribution < 1.29 is 9.59 Å². The molecule has 1 fully saturated rings. The van der Waals surface area contributed by atoms with Crippen LogP contribution < -0.4 is 10.2 Å². The molecule has 0 unspecified atom stereocenters. The Bertz CT molecular complexity index is 788. The number of anilines is 2. The standard InChI is InChI=1S/C18H19ClN4O2/c1-13(24)22-6-8-23(9-7-22)15-10-14(11-20-12-15)18(25)21-17-5-3-2-4-16(17)19/h2-5,10-12H,6-9H2,1H3,(H,21,25). The number of halogens is 1. The first-order chi connectivity index (χ1) is 12.0. The molecular weight excluding hydrogens is 340 g/mol.